The topological polar surface area (TPSA) is 51.8 Å². The monoisotopic (exact) mass is 601 g/mol. The Morgan fingerprint density at radius 2 is 0.809 bits per heavy atom. The standard InChI is InChI=1S/C43H27N3O/c1-4-13-28(14-5-1)33-20-12-21-35-36(27-37-34-19-10-11-22-38(34)47-40(37)39(33)35)29-23-25-32(26-24-29)43-45-41(30-15-6-2-7-16-30)44-42(46-43)31-17-8-3-9-18-31/h1-27H. The molecule has 0 atom stereocenters. The summed E-state index contributed by atoms with van der Waals surface area (Å²) in [7, 11) is 0. The van der Waals surface area contributed by atoms with E-state index in [0.717, 1.165) is 71.7 Å². The molecule has 0 bridgehead atoms. The van der Waals surface area contributed by atoms with Crippen LogP contribution in [-0.4, -0.2) is 15.0 Å². The molecule has 4 nitrogen and oxygen atoms in total. The van der Waals surface area contributed by atoms with Crippen LogP contribution < -0.4 is 0 Å². The molecule has 0 radical (unpaired) electrons. The van der Waals surface area contributed by atoms with Gasteiger partial charge < -0.3 is 4.42 Å². The summed E-state index contributed by atoms with van der Waals surface area (Å²) >= 11 is 0. The van der Waals surface area contributed by atoms with Gasteiger partial charge in [-0.3, -0.25) is 0 Å². The Balaban J connectivity index is 1.23. The highest BCUT2D eigenvalue weighted by Gasteiger charge is 2.18. The number of benzene rings is 7. The van der Waals surface area contributed by atoms with Crippen LogP contribution in [0.1, 0.15) is 0 Å². The van der Waals surface area contributed by atoms with Crippen LogP contribution in [0, 0.1) is 0 Å². The zero-order valence-electron chi connectivity index (χ0n) is 25.3. The minimum Gasteiger partial charge on any atom is -0.455 e. The molecule has 47 heavy (non-hydrogen) atoms. The minimum atomic E-state index is 0.636. The molecular formula is C43H27N3O. The van der Waals surface area contributed by atoms with E-state index in [1.807, 2.05) is 72.8 Å². The SMILES string of the molecule is c1ccc(-c2nc(-c3ccccc3)nc(-c3ccc(-c4cc5c6ccccc6oc5c5c(-c6ccccc6)cccc45)cc3)n2)cc1. The third-order valence-electron chi connectivity index (χ3n) is 8.74. The number of hydrogen-bond donors (Lipinski definition) is 0. The van der Waals surface area contributed by atoms with Crippen LogP contribution in [0.4, 0.5) is 0 Å². The van der Waals surface area contributed by atoms with Crippen LogP contribution >= 0.6 is 0 Å². The maximum atomic E-state index is 6.57. The zero-order valence-corrected chi connectivity index (χ0v) is 25.3. The molecule has 0 unspecified atom stereocenters. The summed E-state index contributed by atoms with van der Waals surface area (Å²) in [5.74, 6) is 1.93. The van der Waals surface area contributed by atoms with Gasteiger partial charge in [-0.05, 0) is 39.8 Å². The molecule has 2 aromatic heterocycles. The first-order valence-corrected chi connectivity index (χ1v) is 15.7. The van der Waals surface area contributed by atoms with Crippen molar-refractivity contribution >= 4 is 32.7 Å². The Hall–Kier alpha value is -6.39. The smallest absolute Gasteiger partial charge is 0.164 e. The summed E-state index contributed by atoms with van der Waals surface area (Å²) < 4.78 is 6.57. The van der Waals surface area contributed by atoms with Gasteiger partial charge in [0, 0.05) is 32.8 Å². The maximum Gasteiger partial charge on any atom is 0.164 e. The summed E-state index contributed by atoms with van der Waals surface area (Å²) in [5, 5.41) is 4.47. The zero-order chi connectivity index (χ0) is 31.2. The fourth-order valence-corrected chi connectivity index (χ4v) is 6.47. The number of furan rings is 1. The predicted molar refractivity (Wildman–Crippen MR) is 192 cm³/mol. The Labute approximate surface area is 271 Å². The lowest BCUT2D eigenvalue weighted by molar-refractivity contribution is 0.673. The van der Waals surface area contributed by atoms with Gasteiger partial charge in [0.05, 0.1) is 0 Å². The van der Waals surface area contributed by atoms with E-state index in [1.54, 1.807) is 0 Å². The Morgan fingerprint density at radius 3 is 1.43 bits per heavy atom. The fourth-order valence-electron chi connectivity index (χ4n) is 6.47. The van der Waals surface area contributed by atoms with Gasteiger partial charge in [0.25, 0.3) is 0 Å². The van der Waals surface area contributed by atoms with E-state index in [2.05, 4.69) is 91.0 Å². The van der Waals surface area contributed by atoms with Crippen molar-refractivity contribution in [3.05, 3.63) is 164 Å². The van der Waals surface area contributed by atoms with Crippen LogP contribution in [0.25, 0.3) is 89.1 Å². The molecule has 0 aliphatic heterocycles. The minimum absolute atomic E-state index is 0.636. The highest BCUT2D eigenvalue weighted by Crippen LogP contribution is 2.43. The summed E-state index contributed by atoms with van der Waals surface area (Å²) in [6.07, 6.45) is 0. The first-order valence-electron chi connectivity index (χ1n) is 15.7. The number of fused-ring (bicyclic) bond motifs is 5. The van der Waals surface area contributed by atoms with Gasteiger partial charge in [-0.15, -0.1) is 0 Å². The Bertz CT molecular complexity index is 2480. The van der Waals surface area contributed by atoms with Crippen molar-refractivity contribution in [3.8, 4) is 56.4 Å². The number of aromatic nitrogens is 3. The van der Waals surface area contributed by atoms with E-state index >= 15 is 0 Å². The lowest BCUT2D eigenvalue weighted by Crippen LogP contribution is -2.00. The lowest BCUT2D eigenvalue weighted by Gasteiger charge is -2.13. The van der Waals surface area contributed by atoms with Crippen molar-refractivity contribution in [2.45, 2.75) is 0 Å². The Kier molecular flexibility index (Phi) is 6.43. The quantitative estimate of drug-likeness (QED) is 0.197. The molecule has 9 rings (SSSR count). The van der Waals surface area contributed by atoms with Crippen molar-refractivity contribution in [2.75, 3.05) is 0 Å². The first-order chi connectivity index (χ1) is 23.3. The molecule has 7 aromatic carbocycles. The third kappa shape index (κ3) is 4.75. The highest BCUT2D eigenvalue weighted by atomic mass is 16.3. The number of nitrogens with zero attached hydrogens (tertiary/aromatic N) is 3. The second kappa shape index (κ2) is 11.2. The molecule has 4 heteroatoms. The van der Waals surface area contributed by atoms with E-state index in [-0.39, 0.29) is 0 Å². The van der Waals surface area contributed by atoms with Crippen molar-refractivity contribution in [2.24, 2.45) is 0 Å². The number of para-hydroxylation sites is 1. The lowest BCUT2D eigenvalue weighted by atomic mass is 9.90. The molecule has 9 aromatic rings. The van der Waals surface area contributed by atoms with Gasteiger partial charge in [-0.2, -0.15) is 0 Å². The Morgan fingerprint density at radius 1 is 0.340 bits per heavy atom. The second-order valence-corrected chi connectivity index (χ2v) is 11.6. The molecule has 0 aliphatic rings. The molecule has 0 saturated heterocycles. The normalized spacial score (nSPS) is 11.4. The van der Waals surface area contributed by atoms with E-state index < -0.39 is 0 Å². The number of rotatable bonds is 5. The van der Waals surface area contributed by atoms with Gasteiger partial charge in [0.15, 0.2) is 17.5 Å². The first kappa shape index (κ1) is 27.0. The molecule has 220 valence electrons. The van der Waals surface area contributed by atoms with E-state index in [4.69, 9.17) is 19.4 Å². The van der Waals surface area contributed by atoms with E-state index in [9.17, 15) is 0 Å². The van der Waals surface area contributed by atoms with Crippen LogP contribution in [0.5, 0.6) is 0 Å². The van der Waals surface area contributed by atoms with E-state index in [0.29, 0.717) is 17.5 Å². The number of hydrogen-bond acceptors (Lipinski definition) is 4. The molecule has 2 heterocycles. The third-order valence-corrected chi connectivity index (χ3v) is 8.74. The highest BCUT2D eigenvalue weighted by molar-refractivity contribution is 6.22. The molecular weight excluding hydrogens is 574 g/mol. The summed E-state index contributed by atoms with van der Waals surface area (Å²) in [6, 6.07) is 56.3. The van der Waals surface area contributed by atoms with Crippen molar-refractivity contribution in [3.63, 3.8) is 0 Å². The molecule has 0 spiro atoms. The summed E-state index contributed by atoms with van der Waals surface area (Å²) in [5.41, 5.74) is 9.19. The molecule has 0 fully saturated rings. The van der Waals surface area contributed by atoms with Crippen LogP contribution in [0.15, 0.2) is 168 Å². The average Bonchev–Trinajstić information content (AvgIpc) is 3.54. The molecule has 0 N–H and O–H groups in total. The van der Waals surface area contributed by atoms with Crippen LogP contribution in [0.3, 0.4) is 0 Å². The molecule has 0 aliphatic carbocycles. The van der Waals surface area contributed by atoms with Crippen molar-refractivity contribution < 1.29 is 4.42 Å². The largest absolute Gasteiger partial charge is 0.455 e. The second-order valence-electron chi connectivity index (χ2n) is 11.6. The van der Waals surface area contributed by atoms with Gasteiger partial charge in [0.2, 0.25) is 0 Å². The van der Waals surface area contributed by atoms with Crippen molar-refractivity contribution in [1.29, 1.82) is 0 Å². The predicted octanol–water partition coefficient (Wildman–Crippen LogP) is 11.3. The molecule has 0 saturated carbocycles. The average molecular weight is 602 g/mol. The van der Waals surface area contributed by atoms with E-state index in [1.165, 1.54) is 0 Å². The van der Waals surface area contributed by atoms with Gasteiger partial charge in [-0.25, -0.2) is 15.0 Å². The summed E-state index contributed by atoms with van der Waals surface area (Å²) in [4.78, 5) is 14.7. The van der Waals surface area contributed by atoms with Crippen LogP contribution in [0.2, 0.25) is 0 Å². The van der Waals surface area contributed by atoms with Crippen molar-refractivity contribution in [1.82, 2.24) is 15.0 Å². The molecule has 0 amide bonds. The fraction of sp³-hybridized carbons (Fsp3) is 0. The summed E-state index contributed by atoms with van der Waals surface area (Å²) in [6.45, 7) is 0. The van der Waals surface area contributed by atoms with Crippen LogP contribution in [-0.2, 0) is 0 Å². The van der Waals surface area contributed by atoms with Gasteiger partial charge in [0.1, 0.15) is 11.2 Å². The van der Waals surface area contributed by atoms with Gasteiger partial charge >= 0.3 is 0 Å². The van der Waals surface area contributed by atoms with Gasteiger partial charge in [-0.1, -0.05) is 152 Å². The maximum absolute atomic E-state index is 6.57.